The van der Waals surface area contributed by atoms with Crippen LogP contribution in [0.15, 0.2) is 87.5 Å². The zero-order valence-electron chi connectivity index (χ0n) is 13.7. The number of carbonyl (C=O) groups is 1. The minimum atomic E-state index is -0.153. The lowest BCUT2D eigenvalue weighted by atomic mass is 10.1. The van der Waals surface area contributed by atoms with Crippen molar-refractivity contribution in [2.75, 3.05) is 11.9 Å². The summed E-state index contributed by atoms with van der Waals surface area (Å²) < 4.78 is 0. The molecule has 3 aromatic rings. The van der Waals surface area contributed by atoms with Crippen LogP contribution in [-0.4, -0.2) is 12.8 Å². The Labute approximate surface area is 145 Å². The Balaban J connectivity index is 1.99. The van der Waals surface area contributed by atoms with Crippen molar-refractivity contribution >= 4 is 28.1 Å². The first kappa shape index (κ1) is 15.0. The number of hydrogen-bond donors (Lipinski definition) is 0. The fourth-order valence-corrected chi connectivity index (χ4v) is 5.55. The van der Waals surface area contributed by atoms with Crippen LogP contribution in [0.2, 0.25) is 0 Å². The highest BCUT2D eigenvalue weighted by Gasteiger charge is 2.39. The van der Waals surface area contributed by atoms with Gasteiger partial charge in [-0.05, 0) is 49.4 Å². The number of carbonyl (C=O) groups excluding carboxylic acids is 1. The molecule has 0 aliphatic carbocycles. The monoisotopic (exact) mass is 332 g/mol. The van der Waals surface area contributed by atoms with Gasteiger partial charge in [0, 0.05) is 12.6 Å². The number of anilines is 2. The Morgan fingerprint density at radius 3 is 2.25 bits per heavy atom. The predicted molar refractivity (Wildman–Crippen MR) is 99.6 cm³/mol. The average molecular weight is 332 g/mol. The van der Waals surface area contributed by atoms with Gasteiger partial charge in [-0.2, -0.15) is 0 Å². The highest BCUT2D eigenvalue weighted by molar-refractivity contribution is 7.97. The maximum atomic E-state index is 11.8. The summed E-state index contributed by atoms with van der Waals surface area (Å²) in [4.78, 5) is 17.9. The zero-order valence-corrected chi connectivity index (χ0v) is 14.5. The summed E-state index contributed by atoms with van der Waals surface area (Å²) in [6, 6.07) is 25.2. The molecule has 24 heavy (non-hydrogen) atoms. The summed E-state index contributed by atoms with van der Waals surface area (Å²) in [5, 5.41) is 0. The van der Waals surface area contributed by atoms with E-state index >= 15 is 0 Å². The standard InChI is InChI=1S/C21H18NOS/c1-15(23)16-12-13-21-19(14-16)22(2)18-10-6-7-11-20(18)24(21)17-8-4-3-5-9-17/h3-14H,1-2H3/q+1. The van der Waals surface area contributed by atoms with Gasteiger partial charge in [-0.3, -0.25) is 4.79 Å². The van der Waals surface area contributed by atoms with Crippen LogP contribution in [0.5, 0.6) is 0 Å². The summed E-state index contributed by atoms with van der Waals surface area (Å²) in [6.07, 6.45) is 0. The summed E-state index contributed by atoms with van der Waals surface area (Å²) >= 11 is 0. The van der Waals surface area contributed by atoms with Gasteiger partial charge in [-0.1, -0.05) is 30.3 Å². The van der Waals surface area contributed by atoms with Crippen molar-refractivity contribution in [2.45, 2.75) is 21.6 Å². The van der Waals surface area contributed by atoms with Crippen LogP contribution in [0.25, 0.3) is 0 Å². The molecule has 1 aliphatic heterocycles. The SMILES string of the molecule is CC(=O)c1ccc2c(c1)N(C)c1ccccc1[S+]2c1ccccc1. The maximum Gasteiger partial charge on any atom is 0.190 e. The van der Waals surface area contributed by atoms with Gasteiger partial charge in [0.1, 0.15) is 10.9 Å². The number of fused-ring (bicyclic) bond motifs is 2. The third-order valence-corrected chi connectivity index (χ3v) is 6.69. The van der Waals surface area contributed by atoms with E-state index in [2.05, 4.69) is 72.6 Å². The summed E-state index contributed by atoms with van der Waals surface area (Å²) in [6.45, 7) is 1.62. The first-order valence-corrected chi connectivity index (χ1v) is 9.16. The molecule has 3 heteroatoms. The molecule has 1 atom stereocenters. The Morgan fingerprint density at radius 1 is 0.833 bits per heavy atom. The van der Waals surface area contributed by atoms with Crippen molar-refractivity contribution in [3.8, 4) is 0 Å². The van der Waals surface area contributed by atoms with Crippen LogP contribution in [0.4, 0.5) is 11.4 Å². The number of ketones is 1. The lowest BCUT2D eigenvalue weighted by Gasteiger charge is -2.28. The van der Waals surface area contributed by atoms with Gasteiger partial charge in [0.15, 0.2) is 20.5 Å². The Bertz CT molecular complexity index is 920. The van der Waals surface area contributed by atoms with Crippen molar-refractivity contribution < 1.29 is 4.79 Å². The Morgan fingerprint density at radius 2 is 1.50 bits per heavy atom. The second-order valence-corrected chi connectivity index (χ2v) is 7.85. The molecule has 2 nitrogen and oxygen atoms in total. The average Bonchev–Trinajstić information content (AvgIpc) is 2.62. The molecule has 0 bridgehead atoms. The lowest BCUT2D eigenvalue weighted by molar-refractivity contribution is 0.101. The fraction of sp³-hybridized carbons (Fsp3) is 0.0952. The van der Waals surface area contributed by atoms with Crippen molar-refractivity contribution in [1.82, 2.24) is 0 Å². The minimum absolute atomic E-state index is 0.102. The van der Waals surface area contributed by atoms with Crippen LogP contribution in [0.1, 0.15) is 17.3 Å². The van der Waals surface area contributed by atoms with E-state index in [1.165, 1.54) is 20.4 Å². The largest absolute Gasteiger partial charge is 0.336 e. The van der Waals surface area contributed by atoms with E-state index in [0.717, 1.165) is 11.3 Å². The number of hydrogen-bond acceptors (Lipinski definition) is 2. The molecule has 0 amide bonds. The highest BCUT2D eigenvalue weighted by Crippen LogP contribution is 2.47. The molecule has 0 saturated carbocycles. The minimum Gasteiger partial charge on any atom is -0.336 e. The fourth-order valence-electron chi connectivity index (χ4n) is 3.14. The van der Waals surface area contributed by atoms with Gasteiger partial charge >= 0.3 is 0 Å². The van der Waals surface area contributed by atoms with E-state index < -0.39 is 0 Å². The third kappa shape index (κ3) is 2.33. The molecule has 0 spiro atoms. The molecule has 0 radical (unpaired) electrons. The molecule has 0 fully saturated rings. The van der Waals surface area contributed by atoms with Gasteiger partial charge in [0.25, 0.3) is 0 Å². The second-order valence-electron chi connectivity index (χ2n) is 5.88. The molecule has 0 N–H and O–H groups in total. The second kappa shape index (κ2) is 5.84. The normalized spacial score (nSPS) is 15.6. The number of nitrogens with zero attached hydrogens (tertiary/aromatic N) is 1. The van der Waals surface area contributed by atoms with Gasteiger partial charge < -0.3 is 4.90 Å². The molecular formula is C21H18NOS+. The Kier molecular flexibility index (Phi) is 3.66. The third-order valence-electron chi connectivity index (χ3n) is 4.37. The summed E-state index contributed by atoms with van der Waals surface area (Å²) in [5.41, 5.74) is 3.09. The van der Waals surface area contributed by atoms with E-state index in [0.29, 0.717) is 0 Å². The van der Waals surface area contributed by atoms with E-state index in [1.54, 1.807) is 6.92 Å². The van der Waals surface area contributed by atoms with Gasteiger partial charge in [-0.15, -0.1) is 0 Å². The Hall–Kier alpha value is -2.52. The molecule has 0 saturated heterocycles. The summed E-state index contributed by atoms with van der Waals surface area (Å²) in [7, 11) is 1.92. The number of Topliss-reactive ketones (excluding diaryl/α,β-unsaturated/α-hetero) is 1. The molecule has 1 aliphatic rings. The van der Waals surface area contributed by atoms with E-state index in [1.807, 2.05) is 12.1 Å². The highest BCUT2D eigenvalue weighted by atomic mass is 32.2. The van der Waals surface area contributed by atoms with Gasteiger partial charge in [0.05, 0.1) is 11.4 Å². The van der Waals surface area contributed by atoms with Crippen molar-refractivity contribution in [2.24, 2.45) is 0 Å². The zero-order chi connectivity index (χ0) is 16.7. The first-order chi connectivity index (χ1) is 11.7. The predicted octanol–water partition coefficient (Wildman–Crippen LogP) is 5.07. The molecule has 1 unspecified atom stereocenters. The topological polar surface area (TPSA) is 20.3 Å². The molecular weight excluding hydrogens is 314 g/mol. The van der Waals surface area contributed by atoms with E-state index in [-0.39, 0.29) is 16.7 Å². The van der Waals surface area contributed by atoms with E-state index in [4.69, 9.17) is 0 Å². The number of benzene rings is 3. The maximum absolute atomic E-state index is 11.8. The van der Waals surface area contributed by atoms with Crippen molar-refractivity contribution in [1.29, 1.82) is 0 Å². The van der Waals surface area contributed by atoms with Crippen LogP contribution in [0, 0.1) is 0 Å². The molecule has 1 heterocycles. The molecule has 3 aromatic carbocycles. The molecule has 0 aromatic heterocycles. The van der Waals surface area contributed by atoms with Crippen molar-refractivity contribution in [3.05, 3.63) is 78.4 Å². The van der Waals surface area contributed by atoms with Gasteiger partial charge in [0.2, 0.25) is 0 Å². The lowest BCUT2D eigenvalue weighted by Crippen LogP contribution is -2.23. The smallest absolute Gasteiger partial charge is 0.190 e. The number of rotatable bonds is 2. The van der Waals surface area contributed by atoms with E-state index in [9.17, 15) is 4.79 Å². The van der Waals surface area contributed by atoms with Crippen molar-refractivity contribution in [3.63, 3.8) is 0 Å². The van der Waals surface area contributed by atoms with Crippen LogP contribution < -0.4 is 4.90 Å². The summed E-state index contributed by atoms with van der Waals surface area (Å²) in [5.74, 6) is 0.102. The van der Waals surface area contributed by atoms with Crippen LogP contribution in [0.3, 0.4) is 0 Å². The van der Waals surface area contributed by atoms with Gasteiger partial charge in [-0.25, -0.2) is 0 Å². The molecule has 118 valence electrons. The van der Waals surface area contributed by atoms with Crippen LogP contribution in [-0.2, 0) is 10.9 Å². The first-order valence-electron chi connectivity index (χ1n) is 7.94. The molecule has 4 rings (SSSR count). The quantitative estimate of drug-likeness (QED) is 0.482. The number of para-hydroxylation sites is 1. The van der Waals surface area contributed by atoms with Crippen LogP contribution >= 0.6 is 0 Å².